The van der Waals surface area contributed by atoms with Crippen molar-refractivity contribution in [3.63, 3.8) is 0 Å². The smallest absolute Gasteiger partial charge is 0.295 e. The fourth-order valence-corrected chi connectivity index (χ4v) is 4.74. The second-order valence-corrected chi connectivity index (χ2v) is 7.58. The van der Waals surface area contributed by atoms with E-state index in [-0.39, 0.29) is 21.0 Å². The van der Waals surface area contributed by atoms with Crippen molar-refractivity contribution in [1.29, 1.82) is 0 Å². The first kappa shape index (κ1) is 18.4. The summed E-state index contributed by atoms with van der Waals surface area (Å²) in [6.07, 6.45) is 2.34. The number of Topliss-reactive ketones (excluding diaryl/α,β-unsaturated/α-hetero) is 1. The number of fused-ring (bicyclic) bond motifs is 1. The molecule has 0 aromatic heterocycles. The third-order valence-electron chi connectivity index (χ3n) is 5.50. The summed E-state index contributed by atoms with van der Waals surface area (Å²) in [4.78, 5) is 35.5. The van der Waals surface area contributed by atoms with E-state index in [4.69, 9.17) is 23.2 Å². The summed E-state index contributed by atoms with van der Waals surface area (Å²) in [6.45, 7) is 4.08. The molecule has 25 heavy (non-hydrogen) atoms. The molecule has 1 fully saturated rings. The average Bonchev–Trinajstić information content (AvgIpc) is 2.98. The number of imide groups is 1. The van der Waals surface area contributed by atoms with Gasteiger partial charge in [0.25, 0.3) is 5.91 Å². The SMILES string of the molecule is CCCC1(CC)Cc2cc(C3C(=O)NC(=O)C3=O)c(Cl)c(Cl)c2C1O. The molecule has 1 heterocycles. The Balaban J connectivity index is 2.13. The van der Waals surface area contributed by atoms with Crippen LogP contribution in [0.25, 0.3) is 0 Å². The van der Waals surface area contributed by atoms with Gasteiger partial charge in [0.2, 0.25) is 11.7 Å². The van der Waals surface area contributed by atoms with Crippen LogP contribution in [0.4, 0.5) is 0 Å². The number of rotatable bonds is 4. The summed E-state index contributed by atoms with van der Waals surface area (Å²) < 4.78 is 0. The lowest BCUT2D eigenvalue weighted by Gasteiger charge is -2.31. The quantitative estimate of drug-likeness (QED) is 0.475. The van der Waals surface area contributed by atoms with Gasteiger partial charge < -0.3 is 5.11 Å². The fourth-order valence-electron chi connectivity index (χ4n) is 4.15. The number of aliphatic hydroxyl groups is 1. The lowest BCUT2D eigenvalue weighted by atomic mass is 9.76. The number of halogens is 2. The maximum absolute atomic E-state index is 12.0. The van der Waals surface area contributed by atoms with Crippen LogP contribution in [0.5, 0.6) is 0 Å². The van der Waals surface area contributed by atoms with Crippen molar-refractivity contribution >= 4 is 40.8 Å². The van der Waals surface area contributed by atoms with Crippen LogP contribution in [-0.4, -0.2) is 22.7 Å². The number of benzene rings is 1. The predicted octanol–water partition coefficient (Wildman–Crippen LogP) is 3.09. The fraction of sp³-hybridized carbons (Fsp3) is 0.500. The highest BCUT2D eigenvalue weighted by atomic mass is 35.5. The molecule has 134 valence electrons. The first-order valence-electron chi connectivity index (χ1n) is 8.35. The molecule has 0 bridgehead atoms. The Morgan fingerprint density at radius 3 is 2.44 bits per heavy atom. The molecule has 3 unspecified atom stereocenters. The Hall–Kier alpha value is -1.43. The average molecular weight is 384 g/mol. The Morgan fingerprint density at radius 1 is 1.24 bits per heavy atom. The number of nitrogens with one attached hydrogen (secondary N) is 1. The van der Waals surface area contributed by atoms with Crippen LogP contribution >= 0.6 is 23.2 Å². The first-order chi connectivity index (χ1) is 11.8. The second kappa shape index (κ2) is 6.38. The van der Waals surface area contributed by atoms with Gasteiger partial charge in [-0.2, -0.15) is 0 Å². The zero-order valence-electron chi connectivity index (χ0n) is 14.0. The summed E-state index contributed by atoms with van der Waals surface area (Å²) in [5.41, 5.74) is 1.25. The minimum atomic E-state index is -1.28. The number of hydrogen-bond acceptors (Lipinski definition) is 4. The molecular weight excluding hydrogens is 365 g/mol. The van der Waals surface area contributed by atoms with Crippen LogP contribution in [-0.2, 0) is 20.8 Å². The monoisotopic (exact) mass is 383 g/mol. The minimum Gasteiger partial charge on any atom is -0.388 e. The summed E-state index contributed by atoms with van der Waals surface area (Å²) in [7, 11) is 0. The Morgan fingerprint density at radius 2 is 1.92 bits per heavy atom. The van der Waals surface area contributed by atoms with Gasteiger partial charge in [-0.1, -0.05) is 49.5 Å². The third kappa shape index (κ3) is 2.60. The van der Waals surface area contributed by atoms with E-state index in [2.05, 4.69) is 6.92 Å². The minimum absolute atomic E-state index is 0.0473. The van der Waals surface area contributed by atoms with E-state index in [0.29, 0.717) is 12.0 Å². The standard InChI is InChI=1S/C18H19Cl2NO4/c1-3-5-18(4-2)7-8-6-9(11-14(22)17(25)21-16(11)24)12(19)13(20)10(8)15(18)23/h6,11,15,23H,3-5,7H2,1-2H3,(H,21,24,25). The lowest BCUT2D eigenvalue weighted by Crippen LogP contribution is -2.25. The Labute approximate surface area is 155 Å². The molecule has 3 rings (SSSR count). The van der Waals surface area contributed by atoms with Crippen molar-refractivity contribution in [1.82, 2.24) is 5.32 Å². The zero-order valence-corrected chi connectivity index (χ0v) is 15.5. The third-order valence-corrected chi connectivity index (χ3v) is 6.40. The van der Waals surface area contributed by atoms with Crippen molar-refractivity contribution in [3.05, 3.63) is 32.8 Å². The van der Waals surface area contributed by atoms with Crippen LogP contribution < -0.4 is 5.32 Å². The highest BCUT2D eigenvalue weighted by Crippen LogP contribution is 2.55. The Bertz CT molecular complexity index is 792. The van der Waals surface area contributed by atoms with Crippen molar-refractivity contribution in [2.45, 2.75) is 51.6 Å². The van der Waals surface area contributed by atoms with E-state index in [9.17, 15) is 19.5 Å². The van der Waals surface area contributed by atoms with E-state index in [1.54, 1.807) is 6.07 Å². The normalized spacial score (nSPS) is 28.4. The molecule has 1 aromatic carbocycles. The molecule has 2 N–H and O–H groups in total. The topological polar surface area (TPSA) is 83.5 Å². The van der Waals surface area contributed by atoms with Gasteiger partial charge in [0, 0.05) is 11.0 Å². The number of carbonyl (C=O) groups excluding carboxylic acids is 3. The van der Waals surface area contributed by atoms with E-state index in [1.165, 1.54) is 0 Å². The van der Waals surface area contributed by atoms with Crippen molar-refractivity contribution in [3.8, 4) is 0 Å². The number of amides is 2. The van der Waals surface area contributed by atoms with E-state index < -0.39 is 29.6 Å². The summed E-state index contributed by atoms with van der Waals surface area (Å²) in [5, 5.41) is 13.1. The molecule has 1 aromatic rings. The van der Waals surface area contributed by atoms with Gasteiger partial charge in [0.1, 0.15) is 5.92 Å². The second-order valence-electron chi connectivity index (χ2n) is 6.83. The first-order valence-corrected chi connectivity index (χ1v) is 9.10. The van der Waals surface area contributed by atoms with Gasteiger partial charge in [0.15, 0.2) is 0 Å². The molecule has 3 atom stereocenters. The van der Waals surface area contributed by atoms with Crippen LogP contribution in [0.1, 0.15) is 61.8 Å². The van der Waals surface area contributed by atoms with E-state index in [0.717, 1.165) is 24.8 Å². The molecule has 0 saturated carbocycles. The molecule has 0 spiro atoms. The number of carbonyl (C=O) groups is 3. The summed E-state index contributed by atoms with van der Waals surface area (Å²) >= 11 is 12.7. The molecule has 1 aliphatic heterocycles. The lowest BCUT2D eigenvalue weighted by molar-refractivity contribution is -0.135. The molecule has 2 aliphatic rings. The van der Waals surface area contributed by atoms with Crippen molar-refractivity contribution in [2.24, 2.45) is 5.41 Å². The van der Waals surface area contributed by atoms with Crippen LogP contribution in [0.2, 0.25) is 10.0 Å². The highest BCUT2D eigenvalue weighted by Gasteiger charge is 2.48. The van der Waals surface area contributed by atoms with E-state index >= 15 is 0 Å². The van der Waals surface area contributed by atoms with Gasteiger partial charge >= 0.3 is 0 Å². The largest absolute Gasteiger partial charge is 0.388 e. The van der Waals surface area contributed by atoms with Gasteiger partial charge in [-0.3, -0.25) is 19.7 Å². The molecule has 1 saturated heterocycles. The number of hydrogen-bond donors (Lipinski definition) is 2. The van der Waals surface area contributed by atoms with Crippen LogP contribution in [0.15, 0.2) is 6.07 Å². The van der Waals surface area contributed by atoms with Crippen molar-refractivity contribution < 1.29 is 19.5 Å². The maximum atomic E-state index is 12.0. The predicted molar refractivity (Wildman–Crippen MR) is 93.7 cm³/mol. The number of ketones is 1. The molecule has 1 aliphatic carbocycles. The molecule has 2 amide bonds. The highest BCUT2D eigenvalue weighted by molar-refractivity contribution is 6.51. The van der Waals surface area contributed by atoms with Gasteiger partial charge in [-0.15, -0.1) is 0 Å². The zero-order chi connectivity index (χ0) is 18.5. The van der Waals surface area contributed by atoms with Gasteiger partial charge in [-0.25, -0.2) is 0 Å². The van der Waals surface area contributed by atoms with Gasteiger partial charge in [0.05, 0.1) is 16.1 Å². The van der Waals surface area contributed by atoms with Gasteiger partial charge in [-0.05, 0) is 30.4 Å². The van der Waals surface area contributed by atoms with Crippen LogP contribution in [0, 0.1) is 5.41 Å². The maximum Gasteiger partial charge on any atom is 0.295 e. The van der Waals surface area contributed by atoms with Crippen molar-refractivity contribution in [2.75, 3.05) is 0 Å². The number of aliphatic hydroxyl groups excluding tert-OH is 1. The summed E-state index contributed by atoms with van der Waals surface area (Å²) in [5.74, 6) is -3.74. The molecule has 5 nitrogen and oxygen atoms in total. The van der Waals surface area contributed by atoms with E-state index in [1.807, 2.05) is 12.2 Å². The van der Waals surface area contributed by atoms with Crippen LogP contribution in [0.3, 0.4) is 0 Å². The molecular formula is C18H19Cl2NO4. The molecule has 7 heteroatoms. The summed E-state index contributed by atoms with van der Waals surface area (Å²) in [6, 6.07) is 1.65. The molecule has 0 radical (unpaired) electrons. The Kier molecular flexibility index (Phi) is 4.69.